The predicted octanol–water partition coefficient (Wildman–Crippen LogP) is 4.02. The van der Waals surface area contributed by atoms with E-state index in [1.54, 1.807) is 17.8 Å². The fourth-order valence-electron chi connectivity index (χ4n) is 3.41. The van der Waals surface area contributed by atoms with Gasteiger partial charge < -0.3 is 4.90 Å². The van der Waals surface area contributed by atoms with E-state index in [9.17, 15) is 9.18 Å². The molecule has 0 spiro atoms. The van der Waals surface area contributed by atoms with Gasteiger partial charge in [-0.3, -0.25) is 4.79 Å². The molecule has 2 nitrogen and oxygen atoms in total. The Labute approximate surface area is 130 Å². The van der Waals surface area contributed by atoms with Crippen LogP contribution in [-0.4, -0.2) is 29.6 Å². The SMILES string of the molecule is O=C(C1CCCC1)N1CCSC(c2ccccc2F)CC1. The molecule has 1 aliphatic carbocycles. The minimum absolute atomic E-state index is 0.120. The second-order valence-electron chi connectivity index (χ2n) is 5.98. The minimum Gasteiger partial charge on any atom is -0.342 e. The van der Waals surface area contributed by atoms with E-state index >= 15 is 0 Å². The van der Waals surface area contributed by atoms with E-state index in [1.807, 2.05) is 17.0 Å². The number of hydrogen-bond donors (Lipinski definition) is 0. The second kappa shape index (κ2) is 6.82. The van der Waals surface area contributed by atoms with Gasteiger partial charge in [0.2, 0.25) is 5.91 Å². The molecule has 21 heavy (non-hydrogen) atoms. The summed E-state index contributed by atoms with van der Waals surface area (Å²) in [5.41, 5.74) is 0.790. The molecule has 2 fully saturated rings. The molecule has 1 aromatic rings. The fourth-order valence-corrected chi connectivity index (χ4v) is 4.66. The van der Waals surface area contributed by atoms with Gasteiger partial charge in [0.05, 0.1) is 0 Å². The predicted molar refractivity (Wildman–Crippen MR) is 84.8 cm³/mol. The number of benzene rings is 1. The molecule has 1 unspecified atom stereocenters. The number of amides is 1. The summed E-state index contributed by atoms with van der Waals surface area (Å²) in [5.74, 6) is 1.37. The number of carbonyl (C=O) groups excluding carboxylic acids is 1. The van der Waals surface area contributed by atoms with E-state index in [1.165, 1.54) is 18.9 Å². The third-order valence-corrected chi connectivity index (χ3v) is 5.92. The normalized spacial score (nSPS) is 24.0. The van der Waals surface area contributed by atoms with Crippen molar-refractivity contribution >= 4 is 17.7 Å². The Balaban J connectivity index is 1.64. The summed E-state index contributed by atoms with van der Waals surface area (Å²) in [5, 5.41) is 0.174. The molecule has 1 heterocycles. The number of carbonyl (C=O) groups is 1. The highest BCUT2D eigenvalue weighted by molar-refractivity contribution is 7.99. The molecule has 3 rings (SSSR count). The maximum atomic E-state index is 13.9. The number of thioether (sulfide) groups is 1. The molecule has 0 radical (unpaired) electrons. The molecular weight excluding hydrogens is 285 g/mol. The molecule has 114 valence electrons. The van der Waals surface area contributed by atoms with Crippen LogP contribution < -0.4 is 0 Å². The maximum absolute atomic E-state index is 13.9. The lowest BCUT2D eigenvalue weighted by molar-refractivity contribution is -0.135. The van der Waals surface area contributed by atoms with Crippen LogP contribution in [0.1, 0.15) is 42.9 Å². The van der Waals surface area contributed by atoms with Crippen molar-refractivity contribution in [3.8, 4) is 0 Å². The van der Waals surface area contributed by atoms with Crippen LogP contribution in [0.25, 0.3) is 0 Å². The summed E-state index contributed by atoms with van der Waals surface area (Å²) in [6.07, 6.45) is 5.34. The number of hydrogen-bond acceptors (Lipinski definition) is 2. The van der Waals surface area contributed by atoms with Gasteiger partial charge >= 0.3 is 0 Å². The van der Waals surface area contributed by atoms with E-state index in [2.05, 4.69) is 0 Å². The highest BCUT2D eigenvalue weighted by Gasteiger charge is 2.29. The Morgan fingerprint density at radius 3 is 2.67 bits per heavy atom. The zero-order chi connectivity index (χ0) is 14.7. The van der Waals surface area contributed by atoms with Crippen LogP contribution in [0.5, 0.6) is 0 Å². The number of halogens is 1. The first-order valence-electron chi connectivity index (χ1n) is 7.90. The lowest BCUT2D eigenvalue weighted by atomic mass is 10.1. The largest absolute Gasteiger partial charge is 0.342 e. The van der Waals surface area contributed by atoms with Gasteiger partial charge in [0.15, 0.2) is 0 Å². The zero-order valence-corrected chi connectivity index (χ0v) is 13.1. The molecule has 1 aliphatic heterocycles. The van der Waals surface area contributed by atoms with E-state index in [0.717, 1.165) is 43.7 Å². The highest BCUT2D eigenvalue weighted by atomic mass is 32.2. The van der Waals surface area contributed by atoms with Gasteiger partial charge in [0, 0.05) is 35.6 Å². The molecule has 1 aromatic carbocycles. The van der Waals surface area contributed by atoms with Gasteiger partial charge in [-0.25, -0.2) is 4.39 Å². The van der Waals surface area contributed by atoms with Crippen LogP contribution in [-0.2, 0) is 4.79 Å². The monoisotopic (exact) mass is 307 g/mol. The quantitative estimate of drug-likeness (QED) is 0.822. The van der Waals surface area contributed by atoms with Crippen LogP contribution in [0.3, 0.4) is 0 Å². The van der Waals surface area contributed by atoms with Gasteiger partial charge in [-0.2, -0.15) is 11.8 Å². The molecule has 0 N–H and O–H groups in total. The van der Waals surface area contributed by atoms with Crippen molar-refractivity contribution in [2.24, 2.45) is 5.92 Å². The molecule has 0 aromatic heterocycles. The van der Waals surface area contributed by atoms with Gasteiger partial charge in [0.1, 0.15) is 5.82 Å². The van der Waals surface area contributed by atoms with E-state index in [-0.39, 0.29) is 17.0 Å². The lowest BCUT2D eigenvalue weighted by Crippen LogP contribution is -2.36. The standard InChI is InChI=1S/C17H22FNOS/c18-15-8-4-3-7-14(15)16-9-10-19(11-12-21-16)17(20)13-5-1-2-6-13/h3-4,7-8,13,16H,1-2,5-6,9-12H2. The Hall–Kier alpha value is -1.03. The Morgan fingerprint density at radius 2 is 1.90 bits per heavy atom. The van der Waals surface area contributed by atoms with E-state index < -0.39 is 0 Å². The van der Waals surface area contributed by atoms with Crippen LogP contribution in [0.2, 0.25) is 0 Å². The summed E-state index contributed by atoms with van der Waals surface area (Å²) in [6.45, 7) is 1.58. The van der Waals surface area contributed by atoms with Gasteiger partial charge in [-0.05, 0) is 25.3 Å². The second-order valence-corrected chi connectivity index (χ2v) is 7.29. The summed E-state index contributed by atoms with van der Waals surface area (Å²) >= 11 is 1.78. The molecular formula is C17H22FNOS. The van der Waals surface area contributed by atoms with Gasteiger partial charge in [-0.15, -0.1) is 0 Å². The smallest absolute Gasteiger partial charge is 0.225 e. The molecule has 1 saturated carbocycles. The summed E-state index contributed by atoms with van der Waals surface area (Å²) in [4.78, 5) is 14.5. The van der Waals surface area contributed by atoms with Gasteiger partial charge in [-0.1, -0.05) is 31.0 Å². The van der Waals surface area contributed by atoms with Crippen molar-refractivity contribution < 1.29 is 9.18 Å². The molecule has 2 aliphatic rings. The first-order valence-corrected chi connectivity index (χ1v) is 8.95. The first kappa shape index (κ1) is 14.9. The Bertz CT molecular complexity index is 501. The van der Waals surface area contributed by atoms with Crippen molar-refractivity contribution in [2.75, 3.05) is 18.8 Å². The van der Waals surface area contributed by atoms with Crippen LogP contribution in [0, 0.1) is 11.7 Å². The molecule has 4 heteroatoms. The van der Waals surface area contributed by atoms with Gasteiger partial charge in [0.25, 0.3) is 0 Å². The van der Waals surface area contributed by atoms with Crippen LogP contribution in [0.15, 0.2) is 24.3 Å². The summed E-state index contributed by atoms with van der Waals surface area (Å²) < 4.78 is 13.9. The molecule has 0 bridgehead atoms. The van der Waals surface area contributed by atoms with Crippen molar-refractivity contribution in [3.05, 3.63) is 35.6 Å². The molecule has 1 saturated heterocycles. The summed E-state index contributed by atoms with van der Waals surface area (Å²) in [7, 11) is 0. The zero-order valence-electron chi connectivity index (χ0n) is 12.3. The average Bonchev–Trinajstić information content (AvgIpc) is 2.92. The average molecular weight is 307 g/mol. The minimum atomic E-state index is -0.120. The summed E-state index contributed by atoms with van der Waals surface area (Å²) in [6, 6.07) is 7.03. The topological polar surface area (TPSA) is 20.3 Å². The van der Waals surface area contributed by atoms with Crippen molar-refractivity contribution in [1.82, 2.24) is 4.90 Å². The maximum Gasteiger partial charge on any atom is 0.225 e. The van der Waals surface area contributed by atoms with E-state index in [0.29, 0.717) is 5.91 Å². The lowest BCUT2D eigenvalue weighted by Gasteiger charge is -2.23. The van der Waals surface area contributed by atoms with Crippen molar-refractivity contribution in [3.63, 3.8) is 0 Å². The Morgan fingerprint density at radius 1 is 1.14 bits per heavy atom. The number of nitrogens with zero attached hydrogens (tertiary/aromatic N) is 1. The third kappa shape index (κ3) is 3.42. The van der Waals surface area contributed by atoms with Crippen LogP contribution in [0.4, 0.5) is 4.39 Å². The van der Waals surface area contributed by atoms with Crippen LogP contribution >= 0.6 is 11.8 Å². The first-order chi connectivity index (χ1) is 10.3. The third-order valence-electron chi connectivity index (χ3n) is 4.61. The van der Waals surface area contributed by atoms with E-state index in [4.69, 9.17) is 0 Å². The van der Waals surface area contributed by atoms with Crippen molar-refractivity contribution in [2.45, 2.75) is 37.4 Å². The Kier molecular flexibility index (Phi) is 4.84. The number of rotatable bonds is 2. The van der Waals surface area contributed by atoms with Crippen molar-refractivity contribution in [1.29, 1.82) is 0 Å². The highest BCUT2D eigenvalue weighted by Crippen LogP contribution is 2.36. The molecule has 1 amide bonds. The fraction of sp³-hybridized carbons (Fsp3) is 0.588. The molecule has 1 atom stereocenters.